The van der Waals surface area contributed by atoms with E-state index in [4.69, 9.17) is 4.74 Å². The molecule has 2 N–H and O–H groups in total. The number of hydrogen-bond acceptors (Lipinski definition) is 2. The smallest absolute Gasteiger partial charge is 0.143 e. The highest BCUT2D eigenvalue weighted by Gasteiger charge is 2.08. The molecule has 2 aromatic rings. The van der Waals surface area contributed by atoms with Crippen LogP contribution in [0.15, 0.2) is 18.3 Å². The molecule has 2 rings (SSSR count). The van der Waals surface area contributed by atoms with E-state index in [2.05, 4.69) is 42.5 Å². The number of methoxy groups -OCH3 is 1. The maximum absolute atomic E-state index is 5.40. The zero-order valence-corrected chi connectivity index (χ0v) is 10.8. The Bertz CT molecular complexity index is 502. The summed E-state index contributed by atoms with van der Waals surface area (Å²) in [6.45, 7) is 6.26. The van der Waals surface area contributed by atoms with Crippen molar-refractivity contribution in [1.82, 2.24) is 10.3 Å². The van der Waals surface area contributed by atoms with Gasteiger partial charge >= 0.3 is 0 Å². The molecule has 1 aromatic heterocycles. The number of fused-ring (bicyclic) bond motifs is 1. The van der Waals surface area contributed by atoms with Crippen LogP contribution in [0.5, 0.6) is 5.75 Å². The third kappa shape index (κ3) is 2.44. The van der Waals surface area contributed by atoms with Gasteiger partial charge in [-0.05, 0) is 49.7 Å². The second-order valence-electron chi connectivity index (χ2n) is 4.31. The van der Waals surface area contributed by atoms with Gasteiger partial charge in [0.2, 0.25) is 0 Å². The molecule has 0 bridgehead atoms. The molecular weight excluding hydrogens is 212 g/mol. The van der Waals surface area contributed by atoms with E-state index in [1.54, 1.807) is 7.11 Å². The van der Waals surface area contributed by atoms with E-state index < -0.39 is 0 Å². The summed E-state index contributed by atoms with van der Waals surface area (Å²) < 4.78 is 5.40. The minimum Gasteiger partial charge on any atom is -0.495 e. The molecular formula is C14H20N2O. The molecule has 3 heteroatoms. The molecule has 0 saturated heterocycles. The fraction of sp³-hybridized carbons (Fsp3) is 0.429. The maximum Gasteiger partial charge on any atom is 0.143 e. The van der Waals surface area contributed by atoms with Crippen molar-refractivity contribution in [3.05, 3.63) is 29.5 Å². The van der Waals surface area contributed by atoms with Gasteiger partial charge in [0, 0.05) is 11.6 Å². The molecule has 0 aliphatic rings. The van der Waals surface area contributed by atoms with E-state index in [0.717, 1.165) is 30.8 Å². The first-order chi connectivity index (χ1) is 8.26. The van der Waals surface area contributed by atoms with Gasteiger partial charge in [-0.25, -0.2) is 0 Å². The molecule has 3 nitrogen and oxygen atoms in total. The average molecular weight is 232 g/mol. The first kappa shape index (κ1) is 12.0. The summed E-state index contributed by atoms with van der Waals surface area (Å²) in [5.74, 6) is 0.926. The molecule has 0 fully saturated rings. The quantitative estimate of drug-likeness (QED) is 0.778. The van der Waals surface area contributed by atoms with Crippen molar-refractivity contribution in [3.63, 3.8) is 0 Å². The van der Waals surface area contributed by atoms with E-state index in [1.807, 2.05) is 0 Å². The van der Waals surface area contributed by atoms with Crippen LogP contribution < -0.4 is 10.1 Å². The highest BCUT2D eigenvalue weighted by Crippen LogP contribution is 2.29. The largest absolute Gasteiger partial charge is 0.495 e. The highest BCUT2D eigenvalue weighted by molar-refractivity contribution is 5.89. The van der Waals surface area contributed by atoms with Gasteiger partial charge in [0.25, 0.3) is 0 Å². The SMILES string of the molecule is CCNCCc1c[nH]c2c(OC)cc(C)cc12. The van der Waals surface area contributed by atoms with Crippen LogP contribution in [0.3, 0.4) is 0 Å². The van der Waals surface area contributed by atoms with Crippen LogP contribution in [-0.4, -0.2) is 25.2 Å². The Kier molecular flexibility index (Phi) is 3.69. The number of rotatable bonds is 5. The van der Waals surface area contributed by atoms with Crippen LogP contribution in [0.1, 0.15) is 18.1 Å². The number of likely N-dealkylation sites (N-methyl/N-ethyl adjacent to an activating group) is 1. The van der Waals surface area contributed by atoms with Gasteiger partial charge in [0.1, 0.15) is 5.75 Å². The first-order valence-corrected chi connectivity index (χ1v) is 6.11. The number of aromatic amines is 1. The van der Waals surface area contributed by atoms with Crippen molar-refractivity contribution in [2.75, 3.05) is 20.2 Å². The number of hydrogen-bond donors (Lipinski definition) is 2. The van der Waals surface area contributed by atoms with Crippen LogP contribution in [0, 0.1) is 6.92 Å². The Labute approximate surface area is 102 Å². The Morgan fingerprint density at radius 3 is 2.88 bits per heavy atom. The number of ether oxygens (including phenoxy) is 1. The highest BCUT2D eigenvalue weighted by atomic mass is 16.5. The van der Waals surface area contributed by atoms with Crippen LogP contribution in [0.4, 0.5) is 0 Å². The van der Waals surface area contributed by atoms with E-state index in [-0.39, 0.29) is 0 Å². The minimum atomic E-state index is 0.926. The Morgan fingerprint density at radius 2 is 2.18 bits per heavy atom. The van der Waals surface area contributed by atoms with E-state index in [9.17, 15) is 0 Å². The van der Waals surface area contributed by atoms with Crippen molar-refractivity contribution < 1.29 is 4.74 Å². The lowest BCUT2D eigenvalue weighted by molar-refractivity contribution is 0.418. The predicted octanol–water partition coefficient (Wildman–Crippen LogP) is 2.64. The lowest BCUT2D eigenvalue weighted by Crippen LogP contribution is -2.15. The molecule has 0 unspecified atom stereocenters. The van der Waals surface area contributed by atoms with Gasteiger partial charge in [-0.3, -0.25) is 0 Å². The van der Waals surface area contributed by atoms with Gasteiger partial charge in [0.15, 0.2) is 0 Å². The Morgan fingerprint density at radius 1 is 1.35 bits per heavy atom. The molecule has 0 atom stereocenters. The molecule has 1 heterocycles. The summed E-state index contributed by atoms with van der Waals surface area (Å²) in [6.07, 6.45) is 3.13. The topological polar surface area (TPSA) is 37.0 Å². The first-order valence-electron chi connectivity index (χ1n) is 6.11. The summed E-state index contributed by atoms with van der Waals surface area (Å²) in [6, 6.07) is 4.28. The van der Waals surface area contributed by atoms with Crippen LogP contribution >= 0.6 is 0 Å². The molecule has 92 valence electrons. The van der Waals surface area contributed by atoms with Crippen LogP contribution in [0.25, 0.3) is 10.9 Å². The number of aryl methyl sites for hydroxylation is 1. The predicted molar refractivity (Wildman–Crippen MR) is 71.8 cm³/mol. The second kappa shape index (κ2) is 5.23. The van der Waals surface area contributed by atoms with Crippen molar-refractivity contribution in [2.45, 2.75) is 20.3 Å². The standard InChI is InChI=1S/C14H20N2O/c1-4-15-6-5-11-9-16-14-12(11)7-10(2)8-13(14)17-3/h7-9,15-16H,4-6H2,1-3H3. The third-order valence-electron chi connectivity index (χ3n) is 3.02. The fourth-order valence-electron chi connectivity index (χ4n) is 2.16. The lowest BCUT2D eigenvalue weighted by atomic mass is 10.1. The van der Waals surface area contributed by atoms with E-state index in [1.165, 1.54) is 16.5 Å². The van der Waals surface area contributed by atoms with Crippen molar-refractivity contribution in [1.29, 1.82) is 0 Å². The third-order valence-corrected chi connectivity index (χ3v) is 3.02. The minimum absolute atomic E-state index is 0.926. The molecule has 1 aromatic carbocycles. The van der Waals surface area contributed by atoms with Gasteiger partial charge in [-0.2, -0.15) is 0 Å². The molecule has 0 radical (unpaired) electrons. The van der Waals surface area contributed by atoms with Crippen molar-refractivity contribution >= 4 is 10.9 Å². The zero-order valence-electron chi connectivity index (χ0n) is 10.8. The monoisotopic (exact) mass is 232 g/mol. The summed E-state index contributed by atoms with van der Waals surface area (Å²) in [4.78, 5) is 3.31. The number of H-pyrrole nitrogens is 1. The summed E-state index contributed by atoms with van der Waals surface area (Å²) >= 11 is 0. The van der Waals surface area contributed by atoms with Crippen molar-refractivity contribution in [2.24, 2.45) is 0 Å². The molecule has 0 spiro atoms. The normalized spacial score (nSPS) is 11.0. The Balaban J connectivity index is 2.35. The fourth-order valence-corrected chi connectivity index (χ4v) is 2.16. The number of aromatic nitrogens is 1. The van der Waals surface area contributed by atoms with E-state index in [0.29, 0.717) is 0 Å². The number of nitrogens with one attached hydrogen (secondary N) is 2. The zero-order chi connectivity index (χ0) is 12.3. The molecule has 0 amide bonds. The van der Waals surface area contributed by atoms with Gasteiger partial charge in [0.05, 0.1) is 12.6 Å². The number of benzene rings is 1. The van der Waals surface area contributed by atoms with Crippen LogP contribution in [-0.2, 0) is 6.42 Å². The summed E-state index contributed by atoms with van der Waals surface area (Å²) in [7, 11) is 1.72. The van der Waals surface area contributed by atoms with E-state index >= 15 is 0 Å². The van der Waals surface area contributed by atoms with Gasteiger partial charge in [-0.15, -0.1) is 0 Å². The molecule has 0 aliphatic heterocycles. The van der Waals surface area contributed by atoms with Crippen LogP contribution in [0.2, 0.25) is 0 Å². The lowest BCUT2D eigenvalue weighted by Gasteiger charge is -2.05. The van der Waals surface area contributed by atoms with Gasteiger partial charge < -0.3 is 15.0 Å². The summed E-state index contributed by atoms with van der Waals surface area (Å²) in [5, 5.41) is 4.63. The molecule has 17 heavy (non-hydrogen) atoms. The van der Waals surface area contributed by atoms with Crippen molar-refractivity contribution in [3.8, 4) is 5.75 Å². The summed E-state index contributed by atoms with van der Waals surface area (Å²) in [5.41, 5.74) is 3.69. The molecule has 0 saturated carbocycles. The van der Waals surface area contributed by atoms with Gasteiger partial charge in [-0.1, -0.05) is 6.92 Å². The Hall–Kier alpha value is -1.48. The average Bonchev–Trinajstić information content (AvgIpc) is 2.72. The second-order valence-corrected chi connectivity index (χ2v) is 4.31. The molecule has 0 aliphatic carbocycles. The maximum atomic E-state index is 5.40.